The van der Waals surface area contributed by atoms with Crippen LogP contribution in [0.5, 0.6) is 0 Å². The van der Waals surface area contributed by atoms with Crippen LogP contribution in [-0.4, -0.2) is 43.0 Å². The number of likely N-dealkylation sites (N-methyl/N-ethyl adjacent to an activating group) is 1. The van der Waals surface area contributed by atoms with Crippen LogP contribution in [0.1, 0.15) is 19.8 Å². The number of carbonyl (C=O) groups excluding carboxylic acids is 1. The van der Waals surface area contributed by atoms with Crippen molar-refractivity contribution in [3.63, 3.8) is 0 Å². The van der Waals surface area contributed by atoms with Gasteiger partial charge in [0.05, 0.1) is 6.54 Å². The van der Waals surface area contributed by atoms with Crippen molar-refractivity contribution in [3.05, 3.63) is 27.8 Å². The van der Waals surface area contributed by atoms with E-state index in [0.29, 0.717) is 12.6 Å². The van der Waals surface area contributed by atoms with Gasteiger partial charge in [-0.3, -0.25) is 9.69 Å². The molecule has 0 bridgehead atoms. The summed E-state index contributed by atoms with van der Waals surface area (Å²) in [5.74, 6) is 0.0689. The molecular formula is C15H22IN3O. The van der Waals surface area contributed by atoms with Gasteiger partial charge in [-0.2, -0.15) is 0 Å². The summed E-state index contributed by atoms with van der Waals surface area (Å²) in [6.45, 7) is 5.58. The molecule has 1 aliphatic rings. The summed E-state index contributed by atoms with van der Waals surface area (Å²) in [7, 11) is 0. The minimum atomic E-state index is 0.0689. The van der Waals surface area contributed by atoms with Crippen LogP contribution < -0.4 is 10.6 Å². The number of rotatable bonds is 5. The van der Waals surface area contributed by atoms with Gasteiger partial charge in [-0.1, -0.05) is 13.0 Å². The van der Waals surface area contributed by atoms with Crippen LogP contribution in [0.3, 0.4) is 0 Å². The summed E-state index contributed by atoms with van der Waals surface area (Å²) in [6, 6.07) is 8.37. The normalized spacial score (nSPS) is 19.1. The van der Waals surface area contributed by atoms with E-state index in [4.69, 9.17) is 0 Å². The molecule has 1 fully saturated rings. The molecule has 2 rings (SSSR count). The zero-order valence-electron chi connectivity index (χ0n) is 11.9. The Labute approximate surface area is 134 Å². The third-order valence-corrected chi connectivity index (χ3v) is 4.32. The Hall–Kier alpha value is -0.660. The predicted octanol–water partition coefficient (Wildman–Crippen LogP) is 2.30. The van der Waals surface area contributed by atoms with Crippen molar-refractivity contribution in [2.75, 3.05) is 31.5 Å². The average Bonchev–Trinajstić information content (AvgIpc) is 2.45. The molecule has 4 nitrogen and oxygen atoms in total. The fourth-order valence-electron chi connectivity index (χ4n) is 2.60. The molecule has 1 aliphatic heterocycles. The number of nitrogens with one attached hydrogen (secondary N) is 2. The predicted molar refractivity (Wildman–Crippen MR) is 90.9 cm³/mol. The van der Waals surface area contributed by atoms with Gasteiger partial charge in [-0.25, -0.2) is 0 Å². The van der Waals surface area contributed by atoms with E-state index >= 15 is 0 Å². The lowest BCUT2D eigenvalue weighted by Crippen LogP contribution is -2.48. The van der Waals surface area contributed by atoms with E-state index in [9.17, 15) is 4.79 Å². The van der Waals surface area contributed by atoms with Crippen LogP contribution in [0.25, 0.3) is 0 Å². The number of carbonyl (C=O) groups is 1. The fraction of sp³-hybridized carbons (Fsp3) is 0.533. The summed E-state index contributed by atoms with van der Waals surface area (Å²) in [5, 5.41) is 6.39. The van der Waals surface area contributed by atoms with Gasteiger partial charge >= 0.3 is 0 Å². The number of benzene rings is 1. The molecule has 1 atom stereocenters. The first kappa shape index (κ1) is 15.7. The Bertz CT molecular complexity index is 446. The van der Waals surface area contributed by atoms with Gasteiger partial charge in [0.25, 0.3) is 0 Å². The second-order valence-electron chi connectivity index (χ2n) is 5.12. The van der Waals surface area contributed by atoms with Gasteiger partial charge in [-0.15, -0.1) is 0 Å². The second kappa shape index (κ2) is 7.95. The van der Waals surface area contributed by atoms with Crippen molar-refractivity contribution in [2.45, 2.75) is 25.8 Å². The lowest BCUT2D eigenvalue weighted by molar-refractivity contribution is -0.117. The van der Waals surface area contributed by atoms with Crippen LogP contribution >= 0.6 is 22.6 Å². The van der Waals surface area contributed by atoms with Gasteiger partial charge in [0, 0.05) is 21.8 Å². The number of hydrogen-bond donors (Lipinski definition) is 2. The van der Waals surface area contributed by atoms with Crippen molar-refractivity contribution in [3.8, 4) is 0 Å². The number of halogens is 1. The highest BCUT2D eigenvalue weighted by molar-refractivity contribution is 14.1. The molecule has 0 saturated carbocycles. The lowest BCUT2D eigenvalue weighted by atomic mass is 10.1. The zero-order valence-corrected chi connectivity index (χ0v) is 14.0. The van der Waals surface area contributed by atoms with Crippen LogP contribution in [0.15, 0.2) is 24.3 Å². The van der Waals surface area contributed by atoms with Crippen molar-refractivity contribution in [1.29, 1.82) is 0 Å². The van der Waals surface area contributed by atoms with Gasteiger partial charge in [0.15, 0.2) is 0 Å². The molecule has 1 aromatic rings. The standard InChI is InChI=1S/C15H22IN3O/c1-2-19(14-7-4-8-17-10-14)11-15(20)18-13-6-3-5-12(16)9-13/h3,5-6,9,14,17H,2,4,7-8,10-11H2,1H3,(H,18,20). The molecule has 1 amide bonds. The van der Waals surface area contributed by atoms with E-state index in [1.807, 2.05) is 24.3 Å². The van der Waals surface area contributed by atoms with Gasteiger partial charge in [-0.05, 0) is 66.7 Å². The van der Waals surface area contributed by atoms with Crippen LogP contribution in [0.2, 0.25) is 0 Å². The molecule has 0 aromatic heterocycles. The highest BCUT2D eigenvalue weighted by Crippen LogP contribution is 2.13. The third kappa shape index (κ3) is 4.71. The van der Waals surface area contributed by atoms with Crippen molar-refractivity contribution >= 4 is 34.2 Å². The maximum atomic E-state index is 12.2. The fourth-order valence-corrected chi connectivity index (χ4v) is 3.14. The SMILES string of the molecule is CCN(CC(=O)Nc1cccc(I)c1)C1CCCNC1. The maximum Gasteiger partial charge on any atom is 0.238 e. The molecule has 20 heavy (non-hydrogen) atoms. The van der Waals surface area contributed by atoms with E-state index in [1.54, 1.807) is 0 Å². The maximum absolute atomic E-state index is 12.2. The van der Waals surface area contributed by atoms with Gasteiger partial charge in [0.1, 0.15) is 0 Å². The number of amides is 1. The molecule has 5 heteroatoms. The summed E-state index contributed by atoms with van der Waals surface area (Å²) >= 11 is 2.25. The zero-order chi connectivity index (χ0) is 14.4. The van der Waals surface area contributed by atoms with E-state index in [-0.39, 0.29) is 5.91 Å². The highest BCUT2D eigenvalue weighted by Gasteiger charge is 2.21. The Morgan fingerprint density at radius 3 is 3.05 bits per heavy atom. The van der Waals surface area contributed by atoms with E-state index < -0.39 is 0 Å². The first-order chi connectivity index (χ1) is 9.69. The van der Waals surface area contributed by atoms with E-state index in [0.717, 1.165) is 28.9 Å². The Balaban J connectivity index is 1.88. The third-order valence-electron chi connectivity index (χ3n) is 3.65. The first-order valence-corrected chi connectivity index (χ1v) is 8.27. The molecule has 0 aliphatic carbocycles. The number of piperidine rings is 1. The minimum Gasteiger partial charge on any atom is -0.325 e. The van der Waals surface area contributed by atoms with E-state index in [1.165, 1.54) is 12.8 Å². The van der Waals surface area contributed by atoms with E-state index in [2.05, 4.69) is 45.0 Å². The molecule has 1 aromatic carbocycles. The van der Waals surface area contributed by atoms with Crippen LogP contribution in [0.4, 0.5) is 5.69 Å². The van der Waals surface area contributed by atoms with Crippen molar-refractivity contribution in [2.24, 2.45) is 0 Å². The Morgan fingerprint density at radius 1 is 1.55 bits per heavy atom. The number of nitrogens with zero attached hydrogens (tertiary/aromatic N) is 1. The monoisotopic (exact) mass is 387 g/mol. The topological polar surface area (TPSA) is 44.4 Å². The van der Waals surface area contributed by atoms with Crippen molar-refractivity contribution < 1.29 is 4.79 Å². The second-order valence-corrected chi connectivity index (χ2v) is 6.37. The quantitative estimate of drug-likeness (QED) is 0.763. The number of hydrogen-bond acceptors (Lipinski definition) is 3. The van der Waals surface area contributed by atoms with Crippen molar-refractivity contribution in [1.82, 2.24) is 10.2 Å². The molecule has 2 N–H and O–H groups in total. The molecular weight excluding hydrogens is 365 g/mol. The highest BCUT2D eigenvalue weighted by atomic mass is 127. The summed E-state index contributed by atoms with van der Waals surface area (Å²) in [6.07, 6.45) is 2.37. The van der Waals surface area contributed by atoms with Crippen LogP contribution in [0, 0.1) is 3.57 Å². The van der Waals surface area contributed by atoms with Gasteiger partial charge < -0.3 is 10.6 Å². The van der Waals surface area contributed by atoms with Gasteiger partial charge in [0.2, 0.25) is 5.91 Å². The summed E-state index contributed by atoms with van der Waals surface area (Å²) < 4.78 is 1.13. The summed E-state index contributed by atoms with van der Waals surface area (Å²) in [4.78, 5) is 14.4. The number of anilines is 1. The Kier molecular flexibility index (Phi) is 6.25. The van der Waals surface area contributed by atoms with Crippen LogP contribution in [-0.2, 0) is 4.79 Å². The molecule has 1 unspecified atom stereocenters. The minimum absolute atomic E-state index is 0.0689. The smallest absolute Gasteiger partial charge is 0.238 e. The summed E-state index contributed by atoms with van der Waals surface area (Å²) in [5.41, 5.74) is 0.875. The lowest BCUT2D eigenvalue weighted by Gasteiger charge is -2.33. The molecule has 110 valence electrons. The largest absolute Gasteiger partial charge is 0.325 e. The molecule has 1 saturated heterocycles. The molecule has 0 spiro atoms. The first-order valence-electron chi connectivity index (χ1n) is 7.19. The Morgan fingerprint density at radius 2 is 2.40 bits per heavy atom. The average molecular weight is 387 g/mol. The molecule has 0 radical (unpaired) electrons. The molecule has 1 heterocycles.